The van der Waals surface area contributed by atoms with Crippen LogP contribution in [0.5, 0.6) is 11.5 Å². The van der Waals surface area contributed by atoms with E-state index in [0.717, 1.165) is 5.56 Å². The highest BCUT2D eigenvalue weighted by molar-refractivity contribution is 7.89. The van der Waals surface area contributed by atoms with Crippen molar-refractivity contribution in [2.45, 2.75) is 30.7 Å². The van der Waals surface area contributed by atoms with E-state index in [9.17, 15) is 13.2 Å². The molecule has 0 aromatic heterocycles. The number of benzene rings is 2. The highest BCUT2D eigenvalue weighted by Crippen LogP contribution is 2.31. The number of methoxy groups -OCH3 is 2. The van der Waals surface area contributed by atoms with Gasteiger partial charge in [0.05, 0.1) is 19.1 Å². The first-order chi connectivity index (χ1) is 13.4. The standard InChI is InChI=1S/C20H24N2O5S/c1-14-6-9-16(10-7-14)28(24,25)22-12-4-5-17(22)20(23)21-15-8-11-18(26-2)19(13-15)27-3/h6-11,13,17H,4-5,12H2,1-3H3,(H,21,23)/t17-/m1/s1. The molecule has 1 saturated heterocycles. The Morgan fingerprint density at radius 1 is 1.07 bits per heavy atom. The highest BCUT2D eigenvalue weighted by atomic mass is 32.2. The van der Waals surface area contributed by atoms with Crippen LogP contribution in [0, 0.1) is 6.92 Å². The number of ether oxygens (including phenoxy) is 2. The topological polar surface area (TPSA) is 84.9 Å². The minimum Gasteiger partial charge on any atom is -0.493 e. The van der Waals surface area contributed by atoms with Crippen molar-refractivity contribution in [3.05, 3.63) is 48.0 Å². The summed E-state index contributed by atoms with van der Waals surface area (Å²) in [5, 5.41) is 2.79. The number of carbonyl (C=O) groups is 1. The molecular weight excluding hydrogens is 380 g/mol. The average molecular weight is 404 g/mol. The third kappa shape index (κ3) is 3.98. The predicted molar refractivity (Wildman–Crippen MR) is 106 cm³/mol. The van der Waals surface area contributed by atoms with E-state index in [4.69, 9.17) is 9.47 Å². The van der Waals surface area contributed by atoms with Crippen molar-refractivity contribution in [1.29, 1.82) is 0 Å². The lowest BCUT2D eigenvalue weighted by atomic mass is 10.2. The smallest absolute Gasteiger partial charge is 0.243 e. The number of hydrogen-bond acceptors (Lipinski definition) is 5. The number of carbonyl (C=O) groups excluding carboxylic acids is 1. The first kappa shape index (κ1) is 20.2. The second-order valence-electron chi connectivity index (χ2n) is 6.65. The lowest BCUT2D eigenvalue weighted by Crippen LogP contribution is -2.43. The summed E-state index contributed by atoms with van der Waals surface area (Å²) in [6, 6.07) is 10.9. The van der Waals surface area contributed by atoms with Crippen molar-refractivity contribution in [2.75, 3.05) is 26.1 Å². The van der Waals surface area contributed by atoms with E-state index in [1.807, 2.05) is 6.92 Å². The summed E-state index contributed by atoms with van der Waals surface area (Å²) in [6.07, 6.45) is 1.11. The molecule has 0 aliphatic carbocycles. The van der Waals surface area contributed by atoms with Crippen molar-refractivity contribution in [1.82, 2.24) is 4.31 Å². The molecule has 1 heterocycles. The van der Waals surface area contributed by atoms with Gasteiger partial charge in [-0.15, -0.1) is 0 Å². The molecule has 1 N–H and O–H groups in total. The van der Waals surface area contributed by atoms with Crippen LogP contribution >= 0.6 is 0 Å². The summed E-state index contributed by atoms with van der Waals surface area (Å²) in [6.45, 7) is 2.21. The molecule has 1 amide bonds. The molecule has 1 atom stereocenters. The molecule has 1 aliphatic rings. The van der Waals surface area contributed by atoms with E-state index in [2.05, 4.69) is 5.32 Å². The number of rotatable bonds is 6. The Morgan fingerprint density at radius 3 is 2.39 bits per heavy atom. The second-order valence-corrected chi connectivity index (χ2v) is 8.54. The van der Waals surface area contributed by atoms with Gasteiger partial charge in [0.25, 0.3) is 0 Å². The van der Waals surface area contributed by atoms with E-state index in [-0.39, 0.29) is 10.8 Å². The molecule has 0 spiro atoms. The lowest BCUT2D eigenvalue weighted by molar-refractivity contribution is -0.119. The van der Waals surface area contributed by atoms with Gasteiger partial charge in [0, 0.05) is 18.3 Å². The van der Waals surface area contributed by atoms with Gasteiger partial charge in [-0.3, -0.25) is 4.79 Å². The molecule has 1 fully saturated rings. The maximum atomic E-state index is 13.0. The van der Waals surface area contributed by atoms with E-state index in [0.29, 0.717) is 36.6 Å². The number of nitrogens with zero attached hydrogens (tertiary/aromatic N) is 1. The zero-order valence-corrected chi connectivity index (χ0v) is 17.0. The first-order valence-electron chi connectivity index (χ1n) is 8.98. The zero-order valence-electron chi connectivity index (χ0n) is 16.1. The summed E-state index contributed by atoms with van der Waals surface area (Å²) in [5.41, 5.74) is 1.49. The first-order valence-corrected chi connectivity index (χ1v) is 10.4. The van der Waals surface area contributed by atoms with Crippen molar-refractivity contribution >= 4 is 21.6 Å². The molecule has 3 rings (SSSR count). The molecule has 150 valence electrons. The molecule has 0 unspecified atom stereocenters. The average Bonchev–Trinajstić information content (AvgIpc) is 3.19. The van der Waals surface area contributed by atoms with E-state index in [1.165, 1.54) is 18.5 Å². The van der Waals surface area contributed by atoms with Crippen LogP contribution in [0.15, 0.2) is 47.4 Å². The lowest BCUT2D eigenvalue weighted by Gasteiger charge is -2.23. The number of anilines is 1. The molecular formula is C20H24N2O5S. The third-order valence-corrected chi connectivity index (χ3v) is 6.71. The Labute approximate surface area is 165 Å². The van der Waals surface area contributed by atoms with Gasteiger partial charge >= 0.3 is 0 Å². The van der Waals surface area contributed by atoms with E-state index in [1.54, 1.807) is 42.5 Å². The molecule has 8 heteroatoms. The molecule has 0 saturated carbocycles. The van der Waals surface area contributed by atoms with Crippen LogP contribution in [0.25, 0.3) is 0 Å². The number of nitrogens with one attached hydrogen (secondary N) is 1. The van der Waals surface area contributed by atoms with Crippen molar-refractivity contribution in [2.24, 2.45) is 0 Å². The Bertz CT molecular complexity index is 957. The fraction of sp³-hybridized carbons (Fsp3) is 0.350. The fourth-order valence-corrected chi connectivity index (χ4v) is 4.93. The number of aryl methyl sites for hydroxylation is 1. The zero-order chi connectivity index (χ0) is 20.3. The molecule has 2 aromatic rings. The van der Waals surface area contributed by atoms with Gasteiger partial charge in [-0.25, -0.2) is 8.42 Å². The molecule has 0 radical (unpaired) electrons. The second kappa shape index (κ2) is 8.20. The van der Waals surface area contributed by atoms with Crippen LogP contribution in [-0.2, 0) is 14.8 Å². The highest BCUT2D eigenvalue weighted by Gasteiger charge is 2.39. The van der Waals surface area contributed by atoms with Gasteiger partial charge in [-0.2, -0.15) is 4.31 Å². The molecule has 7 nitrogen and oxygen atoms in total. The third-order valence-electron chi connectivity index (χ3n) is 4.78. The van der Waals surface area contributed by atoms with Crippen LogP contribution < -0.4 is 14.8 Å². The van der Waals surface area contributed by atoms with Gasteiger partial charge in [0.15, 0.2) is 11.5 Å². The fourth-order valence-electron chi connectivity index (χ4n) is 3.28. The monoisotopic (exact) mass is 404 g/mol. The van der Waals surface area contributed by atoms with Crippen molar-refractivity contribution in [3.8, 4) is 11.5 Å². The predicted octanol–water partition coefficient (Wildman–Crippen LogP) is 2.80. The Balaban J connectivity index is 1.80. The minimum absolute atomic E-state index is 0.198. The van der Waals surface area contributed by atoms with Crippen molar-refractivity contribution in [3.63, 3.8) is 0 Å². The van der Waals surface area contributed by atoms with Crippen LogP contribution in [-0.4, -0.2) is 45.4 Å². The number of hydrogen-bond donors (Lipinski definition) is 1. The SMILES string of the molecule is COc1ccc(NC(=O)[C@H]2CCCN2S(=O)(=O)c2ccc(C)cc2)cc1OC. The van der Waals surface area contributed by atoms with Crippen LogP contribution in [0.1, 0.15) is 18.4 Å². The molecule has 0 bridgehead atoms. The normalized spacial score (nSPS) is 17.3. The minimum atomic E-state index is -3.74. The Hall–Kier alpha value is -2.58. The Morgan fingerprint density at radius 2 is 1.75 bits per heavy atom. The molecule has 2 aromatic carbocycles. The number of sulfonamides is 1. The van der Waals surface area contributed by atoms with Crippen LogP contribution in [0.4, 0.5) is 5.69 Å². The Kier molecular flexibility index (Phi) is 5.90. The van der Waals surface area contributed by atoms with Crippen molar-refractivity contribution < 1.29 is 22.7 Å². The summed E-state index contributed by atoms with van der Waals surface area (Å²) >= 11 is 0. The summed E-state index contributed by atoms with van der Waals surface area (Å²) in [5.74, 6) is 0.668. The van der Waals surface area contributed by atoms with E-state index < -0.39 is 16.1 Å². The van der Waals surface area contributed by atoms with Gasteiger partial charge in [0.2, 0.25) is 15.9 Å². The maximum absolute atomic E-state index is 13.0. The molecule has 1 aliphatic heterocycles. The largest absolute Gasteiger partial charge is 0.493 e. The van der Waals surface area contributed by atoms with Crippen LogP contribution in [0.3, 0.4) is 0 Å². The van der Waals surface area contributed by atoms with Crippen LogP contribution in [0.2, 0.25) is 0 Å². The van der Waals surface area contributed by atoms with Gasteiger partial charge in [-0.05, 0) is 44.0 Å². The van der Waals surface area contributed by atoms with Gasteiger partial charge < -0.3 is 14.8 Å². The molecule has 28 heavy (non-hydrogen) atoms. The summed E-state index contributed by atoms with van der Waals surface area (Å²) in [7, 11) is -0.697. The maximum Gasteiger partial charge on any atom is 0.243 e. The quantitative estimate of drug-likeness (QED) is 0.800. The van der Waals surface area contributed by atoms with Gasteiger partial charge in [0.1, 0.15) is 6.04 Å². The van der Waals surface area contributed by atoms with Gasteiger partial charge in [-0.1, -0.05) is 17.7 Å². The van der Waals surface area contributed by atoms with E-state index >= 15 is 0 Å². The summed E-state index contributed by atoms with van der Waals surface area (Å²) in [4.78, 5) is 13.0. The summed E-state index contributed by atoms with van der Waals surface area (Å²) < 4.78 is 37.7. The number of amides is 1.